The fourth-order valence-electron chi connectivity index (χ4n) is 2.00. The van der Waals surface area contributed by atoms with E-state index in [-0.39, 0.29) is 0 Å². The molecule has 1 aliphatic carbocycles. The minimum Gasteiger partial charge on any atom is -0.399 e. The summed E-state index contributed by atoms with van der Waals surface area (Å²) in [5.41, 5.74) is 7.84. The second-order valence-corrected chi connectivity index (χ2v) is 5.63. The van der Waals surface area contributed by atoms with Gasteiger partial charge in [-0.05, 0) is 42.5 Å². The Balaban J connectivity index is 2.02. The number of halogens is 1. The summed E-state index contributed by atoms with van der Waals surface area (Å²) in [5.74, 6) is 3.59. The van der Waals surface area contributed by atoms with Crippen molar-refractivity contribution in [1.29, 1.82) is 0 Å². The van der Waals surface area contributed by atoms with Gasteiger partial charge in [-0.2, -0.15) is 0 Å². The van der Waals surface area contributed by atoms with Gasteiger partial charge in [0.2, 0.25) is 0 Å². The Labute approximate surface area is 111 Å². The van der Waals surface area contributed by atoms with E-state index in [0.29, 0.717) is 6.54 Å². The standard InChI is InChI=1S/C14H17BrN2/c1-2-5-17(9-11-3-4-11)10-12-6-13(15)8-14(16)7-12/h1,6-8,11H,3-5,9-10,16H2. The summed E-state index contributed by atoms with van der Waals surface area (Å²) in [7, 11) is 0. The summed E-state index contributed by atoms with van der Waals surface area (Å²) in [6.45, 7) is 2.70. The van der Waals surface area contributed by atoms with Crippen molar-refractivity contribution >= 4 is 21.6 Å². The lowest BCUT2D eigenvalue weighted by Crippen LogP contribution is -2.26. The molecule has 0 saturated heterocycles. The molecule has 17 heavy (non-hydrogen) atoms. The molecule has 0 atom stereocenters. The normalized spacial score (nSPS) is 14.9. The molecule has 3 heteroatoms. The summed E-state index contributed by atoms with van der Waals surface area (Å²) in [6.07, 6.45) is 8.11. The number of nitrogen functional groups attached to an aromatic ring is 1. The Hall–Kier alpha value is -0.980. The van der Waals surface area contributed by atoms with Gasteiger partial charge in [-0.1, -0.05) is 21.9 Å². The molecule has 0 unspecified atom stereocenters. The van der Waals surface area contributed by atoms with Crippen molar-refractivity contribution in [2.45, 2.75) is 19.4 Å². The maximum absolute atomic E-state index is 5.83. The van der Waals surface area contributed by atoms with Gasteiger partial charge in [0, 0.05) is 23.2 Å². The summed E-state index contributed by atoms with van der Waals surface area (Å²) >= 11 is 3.47. The Kier molecular flexibility index (Phi) is 4.09. The van der Waals surface area contributed by atoms with E-state index in [1.165, 1.54) is 18.4 Å². The maximum atomic E-state index is 5.83. The van der Waals surface area contributed by atoms with Crippen LogP contribution in [0.1, 0.15) is 18.4 Å². The Morgan fingerprint density at radius 2 is 2.18 bits per heavy atom. The molecule has 1 aromatic rings. The first kappa shape index (κ1) is 12.5. The molecule has 0 heterocycles. The van der Waals surface area contributed by atoms with Crippen molar-refractivity contribution in [2.24, 2.45) is 5.92 Å². The maximum Gasteiger partial charge on any atom is 0.0601 e. The van der Waals surface area contributed by atoms with Crippen molar-refractivity contribution < 1.29 is 0 Å². The van der Waals surface area contributed by atoms with Gasteiger partial charge in [0.1, 0.15) is 0 Å². The number of benzene rings is 1. The van der Waals surface area contributed by atoms with E-state index < -0.39 is 0 Å². The lowest BCUT2D eigenvalue weighted by Gasteiger charge is -2.19. The summed E-state index contributed by atoms with van der Waals surface area (Å²) in [4.78, 5) is 2.32. The fraction of sp³-hybridized carbons (Fsp3) is 0.429. The van der Waals surface area contributed by atoms with Crippen LogP contribution in [-0.4, -0.2) is 18.0 Å². The number of hydrogen-bond acceptors (Lipinski definition) is 2. The van der Waals surface area contributed by atoms with Crippen molar-refractivity contribution in [3.8, 4) is 12.3 Å². The molecule has 0 amide bonds. The Morgan fingerprint density at radius 3 is 2.76 bits per heavy atom. The molecule has 1 saturated carbocycles. The van der Waals surface area contributed by atoms with Crippen LogP contribution in [-0.2, 0) is 6.54 Å². The van der Waals surface area contributed by atoms with E-state index in [0.717, 1.165) is 29.2 Å². The zero-order valence-corrected chi connectivity index (χ0v) is 11.4. The highest BCUT2D eigenvalue weighted by molar-refractivity contribution is 9.10. The van der Waals surface area contributed by atoms with Gasteiger partial charge in [-0.3, -0.25) is 4.90 Å². The van der Waals surface area contributed by atoms with E-state index in [9.17, 15) is 0 Å². The number of nitrogens with two attached hydrogens (primary N) is 1. The summed E-state index contributed by atoms with van der Waals surface area (Å²) in [5, 5.41) is 0. The predicted octanol–water partition coefficient (Wildman–Crippen LogP) is 2.88. The average molecular weight is 293 g/mol. The van der Waals surface area contributed by atoms with Crippen molar-refractivity contribution in [3.05, 3.63) is 28.2 Å². The zero-order valence-electron chi connectivity index (χ0n) is 9.82. The number of nitrogens with zero attached hydrogens (tertiary/aromatic N) is 1. The molecular weight excluding hydrogens is 276 g/mol. The quantitative estimate of drug-likeness (QED) is 0.668. The first-order valence-corrected chi connectivity index (χ1v) is 6.67. The molecule has 0 aliphatic heterocycles. The molecule has 0 bridgehead atoms. The minimum absolute atomic E-state index is 0.711. The zero-order chi connectivity index (χ0) is 12.3. The monoisotopic (exact) mass is 292 g/mol. The summed E-state index contributed by atoms with van der Waals surface area (Å²) < 4.78 is 1.03. The third-order valence-electron chi connectivity index (χ3n) is 2.91. The van der Waals surface area contributed by atoms with Crippen LogP contribution >= 0.6 is 15.9 Å². The molecule has 0 spiro atoms. The van der Waals surface area contributed by atoms with E-state index >= 15 is 0 Å². The summed E-state index contributed by atoms with van der Waals surface area (Å²) in [6, 6.07) is 6.03. The highest BCUT2D eigenvalue weighted by Crippen LogP contribution is 2.30. The second kappa shape index (κ2) is 5.57. The van der Waals surface area contributed by atoms with Gasteiger partial charge in [-0.15, -0.1) is 6.42 Å². The third-order valence-corrected chi connectivity index (χ3v) is 3.37. The van der Waals surface area contributed by atoms with Gasteiger partial charge in [0.05, 0.1) is 6.54 Å². The van der Waals surface area contributed by atoms with Gasteiger partial charge in [0.15, 0.2) is 0 Å². The van der Waals surface area contributed by atoms with E-state index in [2.05, 4.69) is 32.8 Å². The Bertz CT molecular complexity index is 412. The SMILES string of the molecule is C#CCN(Cc1cc(N)cc(Br)c1)CC1CC1. The molecule has 2 rings (SSSR count). The van der Waals surface area contributed by atoms with Crippen LogP contribution < -0.4 is 5.73 Å². The highest BCUT2D eigenvalue weighted by atomic mass is 79.9. The number of rotatable bonds is 5. The lowest BCUT2D eigenvalue weighted by molar-refractivity contribution is 0.286. The average Bonchev–Trinajstić information content (AvgIpc) is 3.00. The minimum atomic E-state index is 0.711. The van der Waals surface area contributed by atoms with Gasteiger partial charge in [-0.25, -0.2) is 0 Å². The molecule has 90 valence electrons. The van der Waals surface area contributed by atoms with E-state index in [1.807, 2.05) is 12.1 Å². The van der Waals surface area contributed by atoms with Crippen LogP contribution in [0.4, 0.5) is 5.69 Å². The van der Waals surface area contributed by atoms with Crippen LogP contribution in [0.15, 0.2) is 22.7 Å². The first-order chi connectivity index (χ1) is 8.17. The molecule has 2 N–H and O–H groups in total. The predicted molar refractivity (Wildman–Crippen MR) is 75.4 cm³/mol. The molecule has 0 radical (unpaired) electrons. The molecule has 1 fully saturated rings. The number of terminal acetylenes is 1. The van der Waals surface area contributed by atoms with Gasteiger partial charge in [0.25, 0.3) is 0 Å². The van der Waals surface area contributed by atoms with Gasteiger partial charge < -0.3 is 5.73 Å². The van der Waals surface area contributed by atoms with Crippen LogP contribution in [0.5, 0.6) is 0 Å². The van der Waals surface area contributed by atoms with E-state index in [1.54, 1.807) is 0 Å². The molecule has 0 aromatic heterocycles. The molecule has 2 nitrogen and oxygen atoms in total. The topological polar surface area (TPSA) is 29.3 Å². The number of hydrogen-bond donors (Lipinski definition) is 1. The smallest absolute Gasteiger partial charge is 0.0601 e. The molecule has 1 aromatic carbocycles. The van der Waals surface area contributed by atoms with Crippen molar-refractivity contribution in [3.63, 3.8) is 0 Å². The van der Waals surface area contributed by atoms with Crippen molar-refractivity contribution in [1.82, 2.24) is 4.90 Å². The second-order valence-electron chi connectivity index (χ2n) is 4.71. The molecular formula is C14H17BrN2. The van der Waals surface area contributed by atoms with E-state index in [4.69, 9.17) is 12.2 Å². The van der Waals surface area contributed by atoms with Crippen LogP contribution in [0.3, 0.4) is 0 Å². The van der Waals surface area contributed by atoms with Crippen LogP contribution in [0.2, 0.25) is 0 Å². The Morgan fingerprint density at radius 1 is 1.41 bits per heavy atom. The first-order valence-electron chi connectivity index (χ1n) is 5.88. The molecule has 1 aliphatic rings. The highest BCUT2D eigenvalue weighted by Gasteiger charge is 2.23. The van der Waals surface area contributed by atoms with Crippen molar-refractivity contribution in [2.75, 3.05) is 18.8 Å². The third kappa shape index (κ3) is 4.07. The largest absolute Gasteiger partial charge is 0.399 e. The number of anilines is 1. The fourth-order valence-corrected chi connectivity index (χ4v) is 2.56. The van der Waals surface area contributed by atoms with Crippen LogP contribution in [0.25, 0.3) is 0 Å². The lowest BCUT2D eigenvalue weighted by atomic mass is 10.2. The van der Waals surface area contributed by atoms with Crippen LogP contribution in [0, 0.1) is 18.3 Å². The van der Waals surface area contributed by atoms with Gasteiger partial charge >= 0.3 is 0 Å².